The van der Waals surface area contributed by atoms with Gasteiger partial charge < -0.3 is 14.2 Å². The van der Waals surface area contributed by atoms with Crippen LogP contribution >= 0.6 is 0 Å². The molecule has 1 rings (SSSR count). The average molecular weight is 276 g/mol. The second kappa shape index (κ2) is 7.34. The van der Waals surface area contributed by atoms with Gasteiger partial charge in [0.2, 0.25) is 0 Å². The van der Waals surface area contributed by atoms with E-state index in [9.17, 15) is 4.79 Å². The van der Waals surface area contributed by atoms with Crippen molar-refractivity contribution in [1.29, 1.82) is 5.26 Å². The van der Waals surface area contributed by atoms with Crippen molar-refractivity contribution in [2.75, 3.05) is 19.3 Å². The number of hydrogen-bond donors (Lipinski definition) is 1. The van der Waals surface area contributed by atoms with Crippen LogP contribution in [0, 0.1) is 17.2 Å². The van der Waals surface area contributed by atoms with Gasteiger partial charge in [-0.3, -0.25) is 0 Å². The Morgan fingerprint density at radius 2 is 2.06 bits per heavy atom. The van der Waals surface area contributed by atoms with Gasteiger partial charge in [0.05, 0.1) is 12.0 Å². The maximum Gasteiger partial charge on any atom is 0.410 e. The van der Waals surface area contributed by atoms with Gasteiger partial charge in [0.15, 0.2) is 0 Å². The topological polar surface area (TPSA) is 90.6 Å². The Bertz CT molecular complexity index is 342. The lowest BCUT2D eigenvalue weighted by Gasteiger charge is -2.24. The minimum atomic E-state index is -1.61. The van der Waals surface area contributed by atoms with E-state index in [0.29, 0.717) is 13.1 Å². The number of rotatable bonds is 0. The molecule has 0 aliphatic carbocycles. The van der Waals surface area contributed by atoms with Crippen LogP contribution in [0.3, 0.4) is 0 Å². The number of ether oxygens (including phenoxy) is 1. The first-order chi connectivity index (χ1) is 8.15. The summed E-state index contributed by atoms with van der Waals surface area (Å²) in [5.41, 5.74) is -0.457. The zero-order valence-corrected chi connectivity index (χ0v) is 12.0. The van der Waals surface area contributed by atoms with Crippen molar-refractivity contribution < 1.29 is 18.3 Å². The second-order valence-corrected chi connectivity index (χ2v) is 5.81. The minimum absolute atomic E-state index is 0.0254. The summed E-state index contributed by atoms with van der Waals surface area (Å²) in [5, 5.41) is 8.67. The third-order valence-corrected chi connectivity index (χ3v) is 2.02. The number of amides is 1. The lowest BCUT2D eigenvalue weighted by atomic mass is 10.1. The lowest BCUT2D eigenvalue weighted by molar-refractivity contribution is 0.0291. The summed E-state index contributed by atoms with van der Waals surface area (Å²) in [6.07, 6.45) is 1.64. The van der Waals surface area contributed by atoms with Gasteiger partial charge in [0.25, 0.3) is 0 Å². The molecule has 0 saturated carbocycles. The van der Waals surface area contributed by atoms with Gasteiger partial charge in [-0.05, 0) is 27.2 Å². The summed E-state index contributed by atoms with van der Waals surface area (Å²) in [6.45, 7) is 6.65. The number of nitrogens with zero attached hydrogens (tertiary/aromatic N) is 2. The van der Waals surface area contributed by atoms with Crippen LogP contribution in [0.25, 0.3) is 0 Å². The summed E-state index contributed by atoms with van der Waals surface area (Å²) in [7, 11) is 0. The van der Waals surface area contributed by atoms with Crippen LogP contribution in [0.4, 0.5) is 4.79 Å². The van der Waals surface area contributed by atoms with Gasteiger partial charge >= 0.3 is 6.09 Å². The average Bonchev–Trinajstić information content (AvgIpc) is 2.61. The number of carbonyl (C=O) groups excluding carboxylic acids is 1. The fourth-order valence-corrected chi connectivity index (χ4v) is 1.36. The first-order valence-electron chi connectivity index (χ1n) is 5.55. The molecule has 2 unspecified atom stereocenters. The zero-order chi connectivity index (χ0) is 14.3. The largest absolute Gasteiger partial charge is 0.444 e. The molecule has 0 aromatic rings. The summed E-state index contributed by atoms with van der Waals surface area (Å²) < 4.78 is 21.8. The van der Waals surface area contributed by atoms with E-state index in [-0.39, 0.29) is 12.0 Å². The predicted octanol–water partition coefficient (Wildman–Crippen LogP) is 1.60. The molecule has 0 aromatic heterocycles. The van der Waals surface area contributed by atoms with Gasteiger partial charge in [-0.2, -0.15) is 5.26 Å². The molecule has 2 atom stereocenters. The molecule has 1 fully saturated rings. The third kappa shape index (κ3) is 8.03. The Morgan fingerprint density at radius 1 is 1.56 bits per heavy atom. The smallest absolute Gasteiger partial charge is 0.410 e. The van der Waals surface area contributed by atoms with Crippen LogP contribution in [0.2, 0.25) is 0 Å². The molecule has 0 bridgehead atoms. The van der Waals surface area contributed by atoms with E-state index in [1.54, 1.807) is 4.90 Å². The van der Waals surface area contributed by atoms with Gasteiger partial charge in [-0.25, -0.2) is 9.00 Å². The van der Waals surface area contributed by atoms with Gasteiger partial charge in [-0.15, -0.1) is 0 Å². The molecule has 1 heterocycles. The van der Waals surface area contributed by atoms with E-state index in [1.165, 1.54) is 6.26 Å². The molecule has 6 nitrogen and oxygen atoms in total. The van der Waals surface area contributed by atoms with Crippen molar-refractivity contribution in [3.05, 3.63) is 0 Å². The molecule has 104 valence electrons. The molecule has 0 radical (unpaired) electrons. The zero-order valence-electron chi connectivity index (χ0n) is 11.2. The highest BCUT2D eigenvalue weighted by molar-refractivity contribution is 7.78. The normalized spacial score (nSPS) is 20.4. The molecule has 0 aromatic carbocycles. The monoisotopic (exact) mass is 276 g/mol. The molecule has 18 heavy (non-hydrogen) atoms. The summed E-state index contributed by atoms with van der Waals surface area (Å²) in [4.78, 5) is 13.1. The Kier molecular flexibility index (Phi) is 6.88. The van der Waals surface area contributed by atoms with Crippen LogP contribution in [0.5, 0.6) is 0 Å². The van der Waals surface area contributed by atoms with Crippen LogP contribution in [0.15, 0.2) is 0 Å². The standard InChI is InChI=1S/C10H16N2O2.CH4O2S/c1-10(2,3)14-9(13)12-5-4-8(6-11)7-12;1-4(2)3/h8H,4-5,7H2,1-3H3;1H3,(H,2,3). The highest BCUT2D eigenvalue weighted by Crippen LogP contribution is 2.18. The van der Waals surface area contributed by atoms with Crippen molar-refractivity contribution >= 4 is 17.2 Å². The van der Waals surface area contributed by atoms with Crippen LogP contribution in [-0.4, -0.2) is 44.7 Å². The fourth-order valence-electron chi connectivity index (χ4n) is 1.36. The van der Waals surface area contributed by atoms with E-state index < -0.39 is 16.7 Å². The quantitative estimate of drug-likeness (QED) is 0.679. The molecule has 1 aliphatic heterocycles. The molecule has 0 spiro atoms. The maximum atomic E-state index is 11.5. The Balaban J connectivity index is 0.000000631. The van der Waals surface area contributed by atoms with Gasteiger partial charge in [-0.1, -0.05) is 0 Å². The van der Waals surface area contributed by atoms with Crippen molar-refractivity contribution in [2.45, 2.75) is 32.8 Å². The molecular weight excluding hydrogens is 256 g/mol. The number of carbonyl (C=O) groups is 1. The van der Waals surface area contributed by atoms with Crippen molar-refractivity contribution in [1.82, 2.24) is 4.90 Å². The third-order valence-electron chi connectivity index (χ3n) is 2.02. The molecule has 1 saturated heterocycles. The first kappa shape index (κ1) is 16.9. The highest BCUT2D eigenvalue weighted by atomic mass is 32.2. The highest BCUT2D eigenvalue weighted by Gasteiger charge is 2.29. The van der Waals surface area contributed by atoms with E-state index >= 15 is 0 Å². The van der Waals surface area contributed by atoms with E-state index in [1.807, 2.05) is 20.8 Å². The van der Waals surface area contributed by atoms with E-state index in [2.05, 4.69) is 6.07 Å². The Labute approximate surface area is 110 Å². The Hall–Kier alpha value is -1.13. The molecule has 1 amide bonds. The van der Waals surface area contributed by atoms with Gasteiger partial charge in [0, 0.05) is 19.3 Å². The number of likely N-dealkylation sites (tertiary alicyclic amines) is 1. The molecule has 1 aliphatic rings. The second-order valence-electron chi connectivity index (χ2n) is 4.96. The maximum absolute atomic E-state index is 11.5. The van der Waals surface area contributed by atoms with Crippen LogP contribution in [0.1, 0.15) is 27.2 Å². The van der Waals surface area contributed by atoms with Crippen LogP contribution in [-0.2, 0) is 15.8 Å². The molecule has 1 N–H and O–H groups in total. The Morgan fingerprint density at radius 3 is 2.39 bits per heavy atom. The van der Waals surface area contributed by atoms with E-state index in [4.69, 9.17) is 18.8 Å². The fraction of sp³-hybridized carbons (Fsp3) is 0.818. The summed E-state index contributed by atoms with van der Waals surface area (Å²) in [5.74, 6) is -0.0254. The summed E-state index contributed by atoms with van der Waals surface area (Å²) in [6, 6.07) is 2.16. The van der Waals surface area contributed by atoms with Crippen molar-refractivity contribution in [3.63, 3.8) is 0 Å². The van der Waals surface area contributed by atoms with Gasteiger partial charge in [0.1, 0.15) is 16.7 Å². The predicted molar refractivity (Wildman–Crippen MR) is 68.2 cm³/mol. The molecular formula is C11H20N2O4S. The van der Waals surface area contributed by atoms with E-state index in [0.717, 1.165) is 6.42 Å². The molecule has 7 heteroatoms. The van der Waals surface area contributed by atoms with Crippen LogP contribution < -0.4 is 0 Å². The lowest BCUT2D eigenvalue weighted by Crippen LogP contribution is -2.35. The SMILES string of the molecule is CC(C)(C)OC(=O)N1CCC(C#N)C1.CS(=O)O. The minimum Gasteiger partial charge on any atom is -0.444 e. The van der Waals surface area contributed by atoms with Crippen molar-refractivity contribution in [3.8, 4) is 6.07 Å². The summed E-state index contributed by atoms with van der Waals surface area (Å²) >= 11 is -1.61. The van der Waals surface area contributed by atoms with Crippen molar-refractivity contribution in [2.24, 2.45) is 5.92 Å². The number of nitriles is 1. The first-order valence-corrected chi connectivity index (χ1v) is 7.07. The number of hydrogen-bond acceptors (Lipinski definition) is 4.